The van der Waals surface area contributed by atoms with Gasteiger partial charge in [0.05, 0.1) is 22.7 Å². The van der Waals surface area contributed by atoms with Gasteiger partial charge >= 0.3 is 5.97 Å². The molecule has 0 aromatic heterocycles. The summed E-state index contributed by atoms with van der Waals surface area (Å²) in [5.74, 6) is -2.05. The Bertz CT molecular complexity index is 1100. The third kappa shape index (κ3) is 3.55. The van der Waals surface area contributed by atoms with E-state index >= 15 is 0 Å². The van der Waals surface area contributed by atoms with Gasteiger partial charge in [-0.1, -0.05) is 65.9 Å². The van der Waals surface area contributed by atoms with Gasteiger partial charge in [0, 0.05) is 10.6 Å². The average molecular weight is 445 g/mol. The van der Waals surface area contributed by atoms with Crippen LogP contribution >= 0.6 is 35.6 Å². The highest BCUT2D eigenvalue weighted by molar-refractivity contribution is 8.26. The van der Waals surface area contributed by atoms with Gasteiger partial charge in [0.2, 0.25) is 0 Å². The van der Waals surface area contributed by atoms with Gasteiger partial charge in [0.25, 0.3) is 11.8 Å². The van der Waals surface area contributed by atoms with Crippen LogP contribution in [0.1, 0.15) is 11.1 Å². The number of hydrogen-bond donors (Lipinski definition) is 1. The number of anilines is 1. The fourth-order valence-corrected chi connectivity index (χ4v) is 4.70. The lowest BCUT2D eigenvalue weighted by Gasteiger charge is -2.17. The summed E-state index contributed by atoms with van der Waals surface area (Å²) in [7, 11) is 0. The summed E-state index contributed by atoms with van der Waals surface area (Å²) < 4.78 is 0.126. The van der Waals surface area contributed by atoms with E-state index in [4.69, 9.17) is 28.9 Å². The lowest BCUT2D eigenvalue weighted by molar-refractivity contribution is -0.140. The third-order valence-corrected chi connectivity index (χ3v) is 6.25. The normalized spacial score (nSPS) is 18.6. The Morgan fingerprint density at radius 3 is 2.41 bits per heavy atom. The molecule has 0 saturated carbocycles. The molecule has 0 bridgehead atoms. The van der Waals surface area contributed by atoms with E-state index in [0.29, 0.717) is 22.8 Å². The smallest absolute Gasteiger partial charge is 0.323 e. The molecule has 0 aliphatic carbocycles. The molecule has 1 fully saturated rings. The molecule has 0 spiro atoms. The Morgan fingerprint density at radius 1 is 1.03 bits per heavy atom. The van der Waals surface area contributed by atoms with Crippen molar-refractivity contribution in [2.45, 2.75) is 6.54 Å². The molecular weight excluding hydrogens is 432 g/mol. The number of carboxylic acid groups (broad SMARTS) is 1. The summed E-state index contributed by atoms with van der Waals surface area (Å²) in [6.07, 6.45) is 0. The summed E-state index contributed by atoms with van der Waals surface area (Å²) in [6, 6.07) is 14.4. The quantitative estimate of drug-likeness (QED) is 0.574. The zero-order chi connectivity index (χ0) is 20.7. The number of hydrogen-bond acceptors (Lipinski definition) is 5. The fourth-order valence-electron chi connectivity index (χ4n) is 3.25. The number of para-hydroxylation sites is 1. The molecular formula is C20H13ClN2O4S2. The van der Waals surface area contributed by atoms with Gasteiger partial charge in [-0.15, -0.1) is 0 Å². The van der Waals surface area contributed by atoms with Crippen molar-refractivity contribution in [1.29, 1.82) is 0 Å². The lowest BCUT2D eigenvalue weighted by Crippen LogP contribution is -2.33. The van der Waals surface area contributed by atoms with Gasteiger partial charge in [-0.2, -0.15) is 0 Å². The zero-order valence-corrected chi connectivity index (χ0v) is 17.2. The second-order valence-electron chi connectivity index (χ2n) is 6.39. The summed E-state index contributed by atoms with van der Waals surface area (Å²) in [4.78, 5) is 39.9. The molecule has 2 amide bonds. The third-order valence-electron chi connectivity index (χ3n) is 4.55. The summed E-state index contributed by atoms with van der Waals surface area (Å²) in [6.45, 7) is -0.224. The topological polar surface area (TPSA) is 77.9 Å². The fraction of sp³-hybridized carbons (Fsp3) is 0.100. The molecule has 4 rings (SSSR count). The van der Waals surface area contributed by atoms with Crippen LogP contribution < -0.4 is 4.90 Å². The molecule has 2 aromatic rings. The van der Waals surface area contributed by atoms with Crippen LogP contribution in [0.5, 0.6) is 0 Å². The second kappa shape index (κ2) is 7.62. The van der Waals surface area contributed by atoms with Crippen molar-refractivity contribution in [2.24, 2.45) is 0 Å². The number of carbonyl (C=O) groups is 3. The van der Waals surface area contributed by atoms with E-state index in [1.165, 1.54) is 0 Å². The Balaban J connectivity index is 1.76. The zero-order valence-electron chi connectivity index (χ0n) is 14.8. The van der Waals surface area contributed by atoms with E-state index in [0.717, 1.165) is 22.2 Å². The van der Waals surface area contributed by atoms with Crippen molar-refractivity contribution in [3.05, 3.63) is 69.6 Å². The van der Waals surface area contributed by atoms with Crippen LogP contribution in [0.3, 0.4) is 0 Å². The molecule has 2 aliphatic heterocycles. The molecule has 146 valence electrons. The molecule has 1 N–H and O–H groups in total. The SMILES string of the molecule is O=C(O)CN1C(=O)C(=C2C(=O)N(Cc3ccc(Cl)cc3)c3ccccc32)SC1=S. The highest BCUT2D eigenvalue weighted by Gasteiger charge is 2.42. The first-order valence-corrected chi connectivity index (χ1v) is 10.1. The van der Waals surface area contributed by atoms with E-state index in [-0.39, 0.29) is 20.7 Å². The van der Waals surface area contributed by atoms with Crippen molar-refractivity contribution in [3.63, 3.8) is 0 Å². The van der Waals surface area contributed by atoms with Crippen molar-refractivity contribution in [1.82, 2.24) is 4.90 Å². The number of fused-ring (bicyclic) bond motifs is 1. The largest absolute Gasteiger partial charge is 0.480 e. The van der Waals surface area contributed by atoms with E-state index in [1.807, 2.05) is 24.3 Å². The van der Waals surface area contributed by atoms with Crippen molar-refractivity contribution < 1.29 is 19.5 Å². The van der Waals surface area contributed by atoms with E-state index < -0.39 is 18.4 Å². The van der Waals surface area contributed by atoms with E-state index in [9.17, 15) is 14.4 Å². The molecule has 0 atom stereocenters. The Kier molecular flexibility index (Phi) is 5.16. The predicted octanol–water partition coefficient (Wildman–Crippen LogP) is 3.54. The number of amides is 2. The highest BCUT2D eigenvalue weighted by atomic mass is 35.5. The maximum absolute atomic E-state index is 13.3. The molecule has 2 aliphatic rings. The molecule has 6 nitrogen and oxygen atoms in total. The van der Waals surface area contributed by atoms with Gasteiger partial charge in [-0.05, 0) is 23.8 Å². The van der Waals surface area contributed by atoms with Gasteiger partial charge in [0.1, 0.15) is 10.9 Å². The number of carboxylic acids is 1. The van der Waals surface area contributed by atoms with Crippen molar-refractivity contribution in [2.75, 3.05) is 11.4 Å². The van der Waals surface area contributed by atoms with Crippen LogP contribution in [-0.2, 0) is 20.9 Å². The number of benzene rings is 2. The highest BCUT2D eigenvalue weighted by Crippen LogP contribution is 2.44. The average Bonchev–Trinajstić information content (AvgIpc) is 3.11. The van der Waals surface area contributed by atoms with Gasteiger partial charge < -0.3 is 10.0 Å². The van der Waals surface area contributed by atoms with E-state index in [1.54, 1.807) is 29.2 Å². The monoisotopic (exact) mass is 444 g/mol. The second-order valence-corrected chi connectivity index (χ2v) is 8.47. The first kappa shape index (κ1) is 19.6. The maximum atomic E-state index is 13.3. The number of thioether (sulfide) groups is 1. The number of rotatable bonds is 4. The summed E-state index contributed by atoms with van der Waals surface area (Å²) in [5.41, 5.74) is 2.45. The number of nitrogens with zero attached hydrogens (tertiary/aromatic N) is 2. The van der Waals surface area contributed by atoms with Gasteiger partial charge in [-0.3, -0.25) is 19.3 Å². The van der Waals surface area contributed by atoms with Crippen LogP contribution in [0.15, 0.2) is 53.4 Å². The molecule has 9 heteroatoms. The van der Waals surface area contributed by atoms with Gasteiger partial charge in [0.15, 0.2) is 0 Å². The summed E-state index contributed by atoms with van der Waals surface area (Å²) in [5, 5.41) is 9.63. The molecule has 0 unspecified atom stereocenters. The van der Waals surface area contributed by atoms with Crippen LogP contribution in [0, 0.1) is 0 Å². The van der Waals surface area contributed by atoms with Crippen LogP contribution in [0.4, 0.5) is 5.69 Å². The van der Waals surface area contributed by atoms with Gasteiger partial charge in [-0.25, -0.2) is 0 Å². The molecule has 1 saturated heterocycles. The minimum absolute atomic E-state index is 0.126. The van der Waals surface area contributed by atoms with Crippen LogP contribution in [-0.4, -0.2) is 38.7 Å². The molecule has 2 heterocycles. The molecule has 29 heavy (non-hydrogen) atoms. The maximum Gasteiger partial charge on any atom is 0.323 e. The predicted molar refractivity (Wildman–Crippen MR) is 116 cm³/mol. The van der Waals surface area contributed by atoms with Crippen molar-refractivity contribution in [3.8, 4) is 0 Å². The van der Waals surface area contributed by atoms with Crippen molar-refractivity contribution >= 4 is 68.9 Å². The number of carbonyl (C=O) groups excluding carboxylic acids is 2. The van der Waals surface area contributed by atoms with Crippen LogP contribution in [0.2, 0.25) is 5.02 Å². The molecule has 0 radical (unpaired) electrons. The Hall–Kier alpha value is -2.68. The lowest BCUT2D eigenvalue weighted by atomic mass is 10.1. The minimum Gasteiger partial charge on any atom is -0.480 e. The van der Waals surface area contributed by atoms with E-state index in [2.05, 4.69) is 0 Å². The molecule has 2 aromatic carbocycles. The Morgan fingerprint density at radius 2 is 1.72 bits per heavy atom. The first-order chi connectivity index (χ1) is 13.9. The first-order valence-electron chi connectivity index (χ1n) is 8.52. The number of halogens is 1. The number of aliphatic carboxylic acids is 1. The Labute approximate surface area is 180 Å². The summed E-state index contributed by atoms with van der Waals surface area (Å²) >= 11 is 12.1. The van der Waals surface area contributed by atoms with Crippen LogP contribution in [0.25, 0.3) is 5.57 Å². The standard InChI is InChI=1S/C20H13ClN2O4S2/c21-12-7-5-11(6-8-12)9-22-14-4-2-1-3-13(14)16(18(22)26)17-19(27)23(10-15(24)25)20(28)29-17/h1-8H,9-10H2,(H,24,25). The minimum atomic E-state index is -1.17. The number of thiocarbonyl (C=S) groups is 1.